The van der Waals surface area contributed by atoms with E-state index in [1.807, 2.05) is 6.92 Å². The Morgan fingerprint density at radius 3 is 2.48 bits per heavy atom. The fourth-order valence-electron chi connectivity index (χ4n) is 1.62. The van der Waals surface area contributed by atoms with Crippen LogP contribution in [0.5, 0.6) is 0 Å². The number of nitrogens with zero attached hydrogens (tertiary/aromatic N) is 1. The van der Waals surface area contributed by atoms with E-state index in [1.165, 1.54) is 24.4 Å². The number of hydrogen-bond donors (Lipinski definition) is 3. The quantitative estimate of drug-likeness (QED) is 0.810. The van der Waals surface area contributed by atoms with Crippen LogP contribution in [0, 0.1) is 6.92 Å². The summed E-state index contributed by atoms with van der Waals surface area (Å²) in [6.07, 6.45) is 1.52. The third-order valence-corrected chi connectivity index (χ3v) is 2.79. The maximum Gasteiger partial charge on any atom is 0.335 e. The van der Waals surface area contributed by atoms with Crippen molar-refractivity contribution in [3.05, 3.63) is 52.8 Å². The number of carboxylic acids is 1. The second kappa shape index (κ2) is 6.23. The van der Waals surface area contributed by atoms with E-state index in [2.05, 4.69) is 15.6 Å². The first-order chi connectivity index (χ1) is 9.94. The molecule has 0 radical (unpaired) electrons. The number of aromatic nitrogens is 1. The molecule has 1 aromatic carbocycles. The second-order valence-corrected chi connectivity index (χ2v) is 4.74. The van der Waals surface area contributed by atoms with Gasteiger partial charge in [-0.05, 0) is 37.3 Å². The van der Waals surface area contributed by atoms with Crippen LogP contribution in [0.2, 0.25) is 5.02 Å². The van der Waals surface area contributed by atoms with Gasteiger partial charge in [0, 0.05) is 16.4 Å². The lowest BCUT2D eigenvalue weighted by atomic mass is 10.2. The van der Waals surface area contributed by atoms with Gasteiger partial charge < -0.3 is 15.7 Å². The van der Waals surface area contributed by atoms with E-state index in [9.17, 15) is 9.59 Å². The zero-order valence-electron chi connectivity index (χ0n) is 11.1. The standard InChI is InChI=1S/C14H12ClN3O3/c1-8-2-3-11(7-16-8)17-14(21)18-12-5-9(13(19)20)4-10(15)6-12/h2-7H,1H3,(H,19,20)(H2,17,18,21). The summed E-state index contributed by atoms with van der Waals surface area (Å²) in [5.74, 6) is -1.12. The van der Waals surface area contributed by atoms with Gasteiger partial charge in [-0.15, -0.1) is 0 Å². The predicted octanol–water partition coefficient (Wildman–Crippen LogP) is 3.39. The summed E-state index contributed by atoms with van der Waals surface area (Å²) in [6, 6.07) is 7.04. The smallest absolute Gasteiger partial charge is 0.335 e. The first-order valence-electron chi connectivity index (χ1n) is 5.98. The highest BCUT2D eigenvalue weighted by atomic mass is 35.5. The summed E-state index contributed by atoms with van der Waals surface area (Å²) in [4.78, 5) is 26.8. The molecule has 0 saturated carbocycles. The van der Waals surface area contributed by atoms with Crippen molar-refractivity contribution in [2.75, 3.05) is 10.6 Å². The van der Waals surface area contributed by atoms with Crippen molar-refractivity contribution in [2.45, 2.75) is 6.92 Å². The number of aromatic carboxylic acids is 1. The van der Waals surface area contributed by atoms with Gasteiger partial charge in [-0.1, -0.05) is 11.6 Å². The number of nitrogens with one attached hydrogen (secondary N) is 2. The van der Waals surface area contributed by atoms with Crippen LogP contribution in [0.4, 0.5) is 16.2 Å². The molecule has 0 aliphatic rings. The van der Waals surface area contributed by atoms with Crippen molar-refractivity contribution >= 4 is 35.0 Å². The third-order valence-electron chi connectivity index (χ3n) is 2.57. The van der Waals surface area contributed by atoms with Crippen molar-refractivity contribution in [3.8, 4) is 0 Å². The normalized spacial score (nSPS) is 10.0. The maximum atomic E-state index is 11.8. The summed E-state index contributed by atoms with van der Waals surface area (Å²) in [5, 5.41) is 14.3. The second-order valence-electron chi connectivity index (χ2n) is 4.30. The molecule has 2 amide bonds. The largest absolute Gasteiger partial charge is 0.478 e. The number of carbonyl (C=O) groups is 2. The van der Waals surface area contributed by atoms with Crippen LogP contribution in [0.25, 0.3) is 0 Å². The molecule has 3 N–H and O–H groups in total. The number of aryl methyl sites for hydroxylation is 1. The van der Waals surface area contributed by atoms with Crippen LogP contribution in [0.15, 0.2) is 36.5 Å². The van der Waals surface area contributed by atoms with Gasteiger partial charge in [0.25, 0.3) is 0 Å². The van der Waals surface area contributed by atoms with Crippen molar-refractivity contribution in [1.82, 2.24) is 4.98 Å². The first kappa shape index (κ1) is 14.8. The van der Waals surface area contributed by atoms with Crippen molar-refractivity contribution in [1.29, 1.82) is 0 Å². The number of amides is 2. The van der Waals surface area contributed by atoms with Crippen molar-refractivity contribution < 1.29 is 14.7 Å². The molecule has 0 aliphatic carbocycles. The predicted molar refractivity (Wildman–Crippen MR) is 80.0 cm³/mol. The minimum absolute atomic E-state index is 0.00481. The van der Waals surface area contributed by atoms with Crippen LogP contribution in [0.3, 0.4) is 0 Å². The molecule has 0 unspecified atom stereocenters. The number of hydrogen-bond acceptors (Lipinski definition) is 3. The van der Waals surface area contributed by atoms with Gasteiger partial charge in [-0.2, -0.15) is 0 Å². The summed E-state index contributed by atoms with van der Waals surface area (Å²) in [5.41, 5.74) is 1.65. The lowest BCUT2D eigenvalue weighted by molar-refractivity contribution is 0.0697. The Balaban J connectivity index is 2.09. The fraction of sp³-hybridized carbons (Fsp3) is 0.0714. The topological polar surface area (TPSA) is 91.3 Å². The third kappa shape index (κ3) is 4.19. The van der Waals surface area contributed by atoms with E-state index in [-0.39, 0.29) is 16.3 Å². The average molecular weight is 306 g/mol. The van der Waals surface area contributed by atoms with E-state index in [0.29, 0.717) is 5.69 Å². The summed E-state index contributed by atoms with van der Waals surface area (Å²) >= 11 is 5.81. The Hall–Kier alpha value is -2.60. The minimum Gasteiger partial charge on any atom is -0.478 e. The number of carbonyl (C=O) groups excluding carboxylic acids is 1. The summed E-state index contributed by atoms with van der Waals surface area (Å²) in [7, 11) is 0. The van der Waals surface area contributed by atoms with Crippen LogP contribution in [-0.2, 0) is 0 Å². The Kier molecular flexibility index (Phi) is 4.39. The van der Waals surface area contributed by atoms with Gasteiger partial charge in [0.2, 0.25) is 0 Å². The molecule has 0 fully saturated rings. The Morgan fingerprint density at radius 2 is 1.86 bits per heavy atom. The van der Waals surface area contributed by atoms with Crippen molar-refractivity contribution in [2.24, 2.45) is 0 Å². The molecular weight excluding hydrogens is 294 g/mol. The number of halogens is 1. The molecule has 1 aromatic heterocycles. The molecule has 0 bridgehead atoms. The molecule has 108 valence electrons. The van der Waals surface area contributed by atoms with Crippen LogP contribution in [-0.4, -0.2) is 22.1 Å². The lowest BCUT2D eigenvalue weighted by Gasteiger charge is -2.08. The van der Waals surface area contributed by atoms with E-state index in [4.69, 9.17) is 16.7 Å². The van der Waals surface area contributed by atoms with Crippen LogP contribution < -0.4 is 10.6 Å². The first-order valence-corrected chi connectivity index (χ1v) is 6.36. The molecule has 21 heavy (non-hydrogen) atoms. The molecular formula is C14H12ClN3O3. The van der Waals surface area contributed by atoms with Gasteiger partial charge in [0.05, 0.1) is 17.4 Å². The van der Waals surface area contributed by atoms with E-state index in [1.54, 1.807) is 12.1 Å². The fourth-order valence-corrected chi connectivity index (χ4v) is 1.86. The SMILES string of the molecule is Cc1ccc(NC(=O)Nc2cc(Cl)cc(C(=O)O)c2)cn1. The minimum atomic E-state index is -1.12. The Bertz CT molecular complexity index is 686. The highest BCUT2D eigenvalue weighted by molar-refractivity contribution is 6.31. The van der Waals surface area contributed by atoms with Crippen LogP contribution in [0.1, 0.15) is 16.1 Å². The molecule has 2 aromatic rings. The number of urea groups is 1. The molecule has 2 rings (SSSR count). The van der Waals surface area contributed by atoms with Gasteiger partial charge in [-0.3, -0.25) is 4.98 Å². The average Bonchev–Trinajstić information content (AvgIpc) is 2.40. The number of rotatable bonds is 3. The molecule has 0 spiro atoms. The summed E-state index contributed by atoms with van der Waals surface area (Å²) < 4.78 is 0. The number of pyridine rings is 1. The molecule has 0 aliphatic heterocycles. The Morgan fingerprint density at radius 1 is 1.14 bits per heavy atom. The van der Waals surface area contributed by atoms with Crippen molar-refractivity contribution in [3.63, 3.8) is 0 Å². The molecule has 0 saturated heterocycles. The highest BCUT2D eigenvalue weighted by Gasteiger charge is 2.09. The molecule has 0 atom stereocenters. The van der Waals surface area contributed by atoms with Crippen LogP contribution >= 0.6 is 11.6 Å². The molecule has 6 nitrogen and oxygen atoms in total. The zero-order valence-corrected chi connectivity index (χ0v) is 11.8. The van der Waals surface area contributed by atoms with Gasteiger partial charge in [0.1, 0.15) is 0 Å². The Labute approximate surface area is 125 Å². The van der Waals surface area contributed by atoms with Gasteiger partial charge in [-0.25, -0.2) is 9.59 Å². The van der Waals surface area contributed by atoms with Gasteiger partial charge in [0.15, 0.2) is 0 Å². The highest BCUT2D eigenvalue weighted by Crippen LogP contribution is 2.19. The maximum absolute atomic E-state index is 11.8. The molecule has 7 heteroatoms. The zero-order chi connectivity index (χ0) is 15.4. The lowest BCUT2D eigenvalue weighted by Crippen LogP contribution is -2.19. The molecule has 1 heterocycles. The van der Waals surface area contributed by atoms with E-state index in [0.717, 1.165) is 5.69 Å². The van der Waals surface area contributed by atoms with E-state index >= 15 is 0 Å². The number of benzene rings is 1. The summed E-state index contributed by atoms with van der Waals surface area (Å²) in [6.45, 7) is 1.84. The monoisotopic (exact) mass is 305 g/mol. The number of carboxylic acid groups (broad SMARTS) is 1. The number of anilines is 2. The van der Waals surface area contributed by atoms with Gasteiger partial charge >= 0.3 is 12.0 Å². The van der Waals surface area contributed by atoms with E-state index < -0.39 is 12.0 Å².